The highest BCUT2D eigenvalue weighted by atomic mass is 19.1. The van der Waals surface area contributed by atoms with Gasteiger partial charge in [0.2, 0.25) is 11.7 Å². The van der Waals surface area contributed by atoms with Gasteiger partial charge in [0, 0.05) is 12.1 Å². The molecule has 1 aliphatic heterocycles. The summed E-state index contributed by atoms with van der Waals surface area (Å²) in [7, 11) is 1.40. The second-order valence-corrected chi connectivity index (χ2v) is 5.77. The lowest BCUT2D eigenvalue weighted by molar-refractivity contribution is -0.143. The minimum absolute atomic E-state index is 0.149. The Kier molecular flexibility index (Phi) is 4.75. The van der Waals surface area contributed by atoms with Crippen LogP contribution in [0, 0.1) is 11.7 Å². The van der Waals surface area contributed by atoms with E-state index in [1.165, 1.54) is 19.2 Å². The Morgan fingerprint density at radius 3 is 3.08 bits per heavy atom. The summed E-state index contributed by atoms with van der Waals surface area (Å²) in [6, 6.07) is 4.44. The molecule has 0 saturated carbocycles. The molecular formula is C16H18FN3O4. The fraction of sp³-hybridized carbons (Fsp3) is 0.438. The van der Waals surface area contributed by atoms with Gasteiger partial charge in [0.05, 0.1) is 19.6 Å². The fourth-order valence-electron chi connectivity index (χ4n) is 2.83. The van der Waals surface area contributed by atoms with Crippen molar-refractivity contribution >= 4 is 5.97 Å². The molecule has 3 rings (SSSR count). The van der Waals surface area contributed by atoms with E-state index < -0.39 is 11.8 Å². The number of carboxylic acids is 1. The fourth-order valence-corrected chi connectivity index (χ4v) is 2.83. The van der Waals surface area contributed by atoms with Crippen LogP contribution in [0.1, 0.15) is 18.7 Å². The highest BCUT2D eigenvalue weighted by Crippen LogP contribution is 2.24. The van der Waals surface area contributed by atoms with E-state index in [1.54, 1.807) is 6.07 Å². The Morgan fingerprint density at radius 2 is 2.38 bits per heavy atom. The maximum atomic E-state index is 13.8. The molecule has 1 N–H and O–H groups in total. The third-order valence-electron chi connectivity index (χ3n) is 4.09. The van der Waals surface area contributed by atoms with E-state index >= 15 is 0 Å². The Morgan fingerprint density at radius 1 is 1.54 bits per heavy atom. The molecule has 128 valence electrons. The molecule has 7 nitrogen and oxygen atoms in total. The summed E-state index contributed by atoms with van der Waals surface area (Å²) >= 11 is 0. The van der Waals surface area contributed by atoms with Gasteiger partial charge in [-0.3, -0.25) is 9.69 Å². The van der Waals surface area contributed by atoms with Gasteiger partial charge >= 0.3 is 5.97 Å². The predicted octanol–water partition coefficient (Wildman–Crippen LogP) is 2.18. The quantitative estimate of drug-likeness (QED) is 0.896. The van der Waals surface area contributed by atoms with Crippen molar-refractivity contribution in [1.82, 2.24) is 15.0 Å². The average Bonchev–Trinajstić information content (AvgIpc) is 3.03. The molecule has 2 heterocycles. The lowest BCUT2D eigenvalue weighted by atomic mass is 9.98. The average molecular weight is 335 g/mol. The molecule has 0 aliphatic carbocycles. The number of carbonyl (C=O) groups is 1. The molecule has 1 saturated heterocycles. The number of hydrogen-bond acceptors (Lipinski definition) is 6. The second-order valence-electron chi connectivity index (χ2n) is 5.77. The highest BCUT2D eigenvalue weighted by Gasteiger charge is 2.26. The molecule has 1 fully saturated rings. The molecule has 1 atom stereocenters. The number of hydrogen-bond donors (Lipinski definition) is 1. The standard InChI is InChI=1S/C16H18FN3O4/c1-23-13-5-4-10(7-12(13)17)15-18-14(24-19-15)9-20-6-2-3-11(8-20)16(21)22/h4-5,7,11H,2-3,6,8-9H2,1H3,(H,21,22). The van der Waals surface area contributed by atoms with Crippen molar-refractivity contribution < 1.29 is 23.6 Å². The molecular weight excluding hydrogens is 317 g/mol. The van der Waals surface area contributed by atoms with Crippen LogP contribution in [-0.2, 0) is 11.3 Å². The lowest BCUT2D eigenvalue weighted by Crippen LogP contribution is -2.38. The smallest absolute Gasteiger partial charge is 0.307 e. The molecule has 8 heteroatoms. The minimum Gasteiger partial charge on any atom is -0.494 e. The summed E-state index contributed by atoms with van der Waals surface area (Å²) in [5.41, 5.74) is 0.491. The van der Waals surface area contributed by atoms with Gasteiger partial charge in [-0.1, -0.05) is 5.16 Å². The normalized spacial score (nSPS) is 18.5. The topological polar surface area (TPSA) is 88.7 Å². The van der Waals surface area contributed by atoms with Crippen molar-refractivity contribution in [2.45, 2.75) is 19.4 Å². The largest absolute Gasteiger partial charge is 0.494 e. The van der Waals surface area contributed by atoms with Gasteiger partial charge in [-0.05, 0) is 37.6 Å². The zero-order chi connectivity index (χ0) is 17.1. The van der Waals surface area contributed by atoms with Crippen LogP contribution >= 0.6 is 0 Å². The summed E-state index contributed by atoms with van der Waals surface area (Å²) in [5.74, 6) is -0.820. The van der Waals surface area contributed by atoms with Gasteiger partial charge in [-0.15, -0.1) is 0 Å². The van der Waals surface area contributed by atoms with Crippen LogP contribution in [0.5, 0.6) is 5.75 Å². The van der Waals surface area contributed by atoms with E-state index in [4.69, 9.17) is 14.4 Å². The van der Waals surface area contributed by atoms with E-state index in [-0.39, 0.29) is 11.7 Å². The van der Waals surface area contributed by atoms with Crippen molar-refractivity contribution in [3.63, 3.8) is 0 Å². The summed E-state index contributed by atoms with van der Waals surface area (Å²) < 4.78 is 23.8. The predicted molar refractivity (Wildman–Crippen MR) is 81.9 cm³/mol. The first-order valence-electron chi connectivity index (χ1n) is 7.68. The van der Waals surface area contributed by atoms with E-state index in [1.807, 2.05) is 4.90 Å². The first-order valence-corrected chi connectivity index (χ1v) is 7.68. The zero-order valence-corrected chi connectivity index (χ0v) is 13.2. The maximum absolute atomic E-state index is 13.8. The summed E-state index contributed by atoms with van der Waals surface area (Å²) in [4.78, 5) is 17.3. The van der Waals surface area contributed by atoms with Gasteiger partial charge < -0.3 is 14.4 Å². The Balaban J connectivity index is 1.69. The Bertz CT molecular complexity index is 734. The summed E-state index contributed by atoms with van der Waals surface area (Å²) in [6.45, 7) is 1.64. The number of benzene rings is 1. The number of halogens is 1. The number of rotatable bonds is 5. The van der Waals surface area contributed by atoms with E-state index in [0.29, 0.717) is 36.8 Å². The van der Waals surface area contributed by atoms with Crippen LogP contribution < -0.4 is 4.74 Å². The molecule has 24 heavy (non-hydrogen) atoms. The van der Waals surface area contributed by atoms with E-state index in [9.17, 15) is 9.18 Å². The van der Waals surface area contributed by atoms with Gasteiger partial charge in [-0.2, -0.15) is 4.98 Å². The van der Waals surface area contributed by atoms with Crippen LogP contribution in [0.15, 0.2) is 22.7 Å². The van der Waals surface area contributed by atoms with Crippen LogP contribution in [0.25, 0.3) is 11.4 Å². The SMILES string of the molecule is COc1ccc(-c2noc(CN3CCCC(C(=O)O)C3)n2)cc1F. The number of piperidine rings is 1. The molecule has 0 bridgehead atoms. The number of ether oxygens (including phenoxy) is 1. The first-order chi connectivity index (χ1) is 11.6. The maximum Gasteiger partial charge on any atom is 0.307 e. The third-order valence-corrected chi connectivity index (χ3v) is 4.09. The molecule has 1 aromatic carbocycles. The second kappa shape index (κ2) is 6.96. The summed E-state index contributed by atoms with van der Waals surface area (Å²) in [5, 5.41) is 13.0. The Hall–Kier alpha value is -2.48. The van der Waals surface area contributed by atoms with E-state index in [2.05, 4.69) is 10.1 Å². The number of carboxylic acid groups (broad SMARTS) is 1. The third kappa shape index (κ3) is 3.53. The van der Waals surface area contributed by atoms with Crippen molar-refractivity contribution in [1.29, 1.82) is 0 Å². The minimum atomic E-state index is -0.778. The molecule has 0 amide bonds. The Labute approximate surface area is 138 Å². The summed E-state index contributed by atoms with van der Waals surface area (Å²) in [6.07, 6.45) is 1.51. The monoisotopic (exact) mass is 335 g/mol. The van der Waals surface area contributed by atoms with Crippen LogP contribution in [0.2, 0.25) is 0 Å². The van der Waals surface area contributed by atoms with Gasteiger partial charge in [0.15, 0.2) is 11.6 Å². The number of likely N-dealkylation sites (tertiary alicyclic amines) is 1. The van der Waals surface area contributed by atoms with Crippen LogP contribution in [0.3, 0.4) is 0 Å². The number of aromatic nitrogens is 2. The van der Waals surface area contributed by atoms with Crippen molar-refractivity contribution in [2.24, 2.45) is 5.92 Å². The van der Waals surface area contributed by atoms with Gasteiger partial charge in [-0.25, -0.2) is 4.39 Å². The van der Waals surface area contributed by atoms with Crippen LogP contribution in [0.4, 0.5) is 4.39 Å². The molecule has 0 spiro atoms. The molecule has 1 aromatic heterocycles. The highest BCUT2D eigenvalue weighted by molar-refractivity contribution is 5.70. The van der Waals surface area contributed by atoms with Gasteiger partial charge in [0.1, 0.15) is 0 Å². The van der Waals surface area contributed by atoms with Crippen molar-refractivity contribution in [2.75, 3.05) is 20.2 Å². The molecule has 1 aliphatic rings. The zero-order valence-electron chi connectivity index (χ0n) is 13.2. The first kappa shape index (κ1) is 16.4. The van der Waals surface area contributed by atoms with Crippen molar-refractivity contribution in [3.05, 3.63) is 29.9 Å². The molecule has 0 radical (unpaired) electrons. The number of aliphatic carboxylic acids is 1. The van der Waals surface area contributed by atoms with Crippen LogP contribution in [-0.4, -0.2) is 46.3 Å². The number of methoxy groups -OCH3 is 1. The number of nitrogens with zero attached hydrogens (tertiary/aromatic N) is 3. The van der Waals surface area contributed by atoms with Gasteiger partial charge in [0.25, 0.3) is 0 Å². The molecule has 2 aromatic rings. The molecule has 1 unspecified atom stereocenters. The lowest BCUT2D eigenvalue weighted by Gasteiger charge is -2.29. The van der Waals surface area contributed by atoms with E-state index in [0.717, 1.165) is 13.0 Å². The van der Waals surface area contributed by atoms with Crippen molar-refractivity contribution in [3.8, 4) is 17.1 Å².